The summed E-state index contributed by atoms with van der Waals surface area (Å²) in [6.07, 6.45) is 7.94. The van der Waals surface area contributed by atoms with Crippen LogP contribution in [0.1, 0.15) is 74.5 Å². The molecule has 0 radical (unpaired) electrons. The number of hydrogen-bond donors (Lipinski definition) is 2. The molecule has 0 aromatic heterocycles. The fraction of sp³-hybridized carbons (Fsp3) is 0.611. The molecule has 2 aromatic rings. The number of hydrogen-bond acceptors (Lipinski definition) is 8. The molecule has 6 rings (SSSR count). The van der Waals surface area contributed by atoms with Crippen LogP contribution in [-0.4, -0.2) is 88.0 Å². The van der Waals surface area contributed by atoms with Crippen molar-refractivity contribution in [3.05, 3.63) is 58.1 Å². The number of ether oxygens (including phenoxy) is 2. The number of nitrogens with zero attached hydrogens (tertiary/aromatic N) is 3. The van der Waals surface area contributed by atoms with Gasteiger partial charge in [-0.25, -0.2) is 4.72 Å². The number of benzene rings is 2. The molecule has 2 fully saturated rings. The maximum Gasteiger partial charge on any atom is 0.303 e. The van der Waals surface area contributed by atoms with Gasteiger partial charge in [0.05, 0.1) is 18.2 Å². The number of halogens is 1. The third-order valence-electron chi connectivity index (χ3n) is 10.9. The van der Waals surface area contributed by atoms with Gasteiger partial charge in [-0.3, -0.25) is 9.59 Å². The number of rotatable bonds is 3. The van der Waals surface area contributed by atoms with Gasteiger partial charge in [-0.1, -0.05) is 23.7 Å². The van der Waals surface area contributed by atoms with Crippen LogP contribution in [0.5, 0.6) is 5.75 Å². The highest BCUT2D eigenvalue weighted by atomic mass is 35.5. The minimum absolute atomic E-state index is 0.0633. The molecule has 11 nitrogen and oxygen atoms in total. The van der Waals surface area contributed by atoms with E-state index in [1.54, 1.807) is 25.2 Å². The molecule has 2 amide bonds. The third kappa shape index (κ3) is 8.20. The lowest BCUT2D eigenvalue weighted by Gasteiger charge is -2.37. The van der Waals surface area contributed by atoms with Crippen molar-refractivity contribution in [1.29, 1.82) is 0 Å². The van der Waals surface area contributed by atoms with E-state index in [-0.39, 0.29) is 17.1 Å². The van der Waals surface area contributed by atoms with E-state index in [0.29, 0.717) is 48.7 Å². The van der Waals surface area contributed by atoms with Crippen LogP contribution in [0.3, 0.4) is 0 Å². The van der Waals surface area contributed by atoms with Crippen LogP contribution >= 0.6 is 11.6 Å². The molecule has 2 N–H and O–H groups in total. The summed E-state index contributed by atoms with van der Waals surface area (Å²) >= 11 is 6.37. The first-order valence-electron chi connectivity index (χ1n) is 17.4. The number of aryl methyl sites for hydroxylation is 1. The summed E-state index contributed by atoms with van der Waals surface area (Å²) in [5.74, 6) is -0.687. The second-order valence-corrected chi connectivity index (χ2v) is 17.0. The van der Waals surface area contributed by atoms with Crippen molar-refractivity contribution in [2.75, 3.05) is 52.3 Å². The van der Waals surface area contributed by atoms with Crippen molar-refractivity contribution >= 4 is 39.3 Å². The van der Waals surface area contributed by atoms with Gasteiger partial charge in [0.25, 0.3) is 5.91 Å². The van der Waals surface area contributed by atoms with Gasteiger partial charge in [0.15, 0.2) is 5.60 Å². The number of carbonyl (C=O) groups excluding carboxylic acids is 2. The zero-order valence-electron chi connectivity index (χ0n) is 28.7. The first kappa shape index (κ1) is 35.9. The Hall–Kier alpha value is -2.90. The van der Waals surface area contributed by atoms with Gasteiger partial charge < -0.3 is 24.4 Å². The number of fused-ring (bicyclic) bond motifs is 4. The number of aliphatic hydroxyl groups is 1. The Morgan fingerprint density at radius 3 is 2.63 bits per heavy atom. The van der Waals surface area contributed by atoms with Crippen molar-refractivity contribution in [3.8, 4) is 5.75 Å². The summed E-state index contributed by atoms with van der Waals surface area (Å²) in [6.45, 7) is 2.89. The van der Waals surface area contributed by atoms with E-state index in [1.807, 2.05) is 22.9 Å². The third-order valence-corrected chi connectivity index (χ3v) is 12.5. The van der Waals surface area contributed by atoms with Crippen LogP contribution in [0, 0.1) is 11.3 Å². The zero-order valence-corrected chi connectivity index (χ0v) is 30.3. The maximum atomic E-state index is 13.9. The fourth-order valence-electron chi connectivity index (χ4n) is 7.49. The summed E-state index contributed by atoms with van der Waals surface area (Å²) in [6, 6.07) is 10.8. The van der Waals surface area contributed by atoms with Crippen LogP contribution in [-0.2, 0) is 43.2 Å². The highest BCUT2D eigenvalue weighted by Gasteiger charge is 2.48. The lowest BCUT2D eigenvalue weighted by Crippen LogP contribution is -2.52. The SMILES string of the molecule is CN1CC[C@@H]2CCO[C@@H](C2)CC2(CC2)CN2CCCCc3cc(Cl)ccc3COc3ccc(cc32)[C@](O)(C(=O)NS(=O)(=O)N(C)C)CC1=O. The molecule has 3 aliphatic heterocycles. The van der Waals surface area contributed by atoms with Gasteiger partial charge >= 0.3 is 10.2 Å². The van der Waals surface area contributed by atoms with E-state index >= 15 is 0 Å². The van der Waals surface area contributed by atoms with Gasteiger partial charge in [-0.15, -0.1) is 0 Å². The second-order valence-electron chi connectivity index (χ2n) is 14.7. The number of anilines is 1. The van der Waals surface area contributed by atoms with Gasteiger partial charge in [-0.05, 0) is 110 Å². The highest BCUT2D eigenvalue weighted by molar-refractivity contribution is 7.87. The molecule has 1 saturated heterocycles. The van der Waals surface area contributed by atoms with Crippen molar-refractivity contribution in [2.45, 2.75) is 82.5 Å². The minimum atomic E-state index is -4.27. The van der Waals surface area contributed by atoms with Crippen molar-refractivity contribution in [2.24, 2.45) is 11.3 Å². The molecule has 4 bridgehead atoms. The number of nitrogens with one attached hydrogen (secondary N) is 1. The summed E-state index contributed by atoms with van der Waals surface area (Å²) in [5, 5.41) is 13.0. The molecule has 3 heterocycles. The maximum absolute atomic E-state index is 13.9. The predicted octanol–water partition coefficient (Wildman–Crippen LogP) is 4.39. The van der Waals surface area contributed by atoms with Gasteiger partial charge in [0, 0.05) is 52.4 Å². The Labute approximate surface area is 295 Å². The van der Waals surface area contributed by atoms with Crippen molar-refractivity contribution in [1.82, 2.24) is 13.9 Å². The Morgan fingerprint density at radius 2 is 1.88 bits per heavy atom. The zero-order chi connectivity index (χ0) is 35.0. The Balaban J connectivity index is 1.45. The molecule has 1 aliphatic carbocycles. The largest absolute Gasteiger partial charge is 0.487 e. The van der Waals surface area contributed by atoms with E-state index in [2.05, 4.69) is 4.90 Å². The molecular formula is C36H49ClN4O7S. The fourth-order valence-corrected chi connectivity index (χ4v) is 8.27. The first-order chi connectivity index (χ1) is 23.3. The molecule has 1 saturated carbocycles. The average molecular weight is 717 g/mol. The minimum Gasteiger partial charge on any atom is -0.487 e. The predicted molar refractivity (Wildman–Crippen MR) is 188 cm³/mol. The van der Waals surface area contributed by atoms with Crippen LogP contribution in [0.4, 0.5) is 5.69 Å². The monoisotopic (exact) mass is 716 g/mol. The molecule has 268 valence electrons. The van der Waals surface area contributed by atoms with Crippen molar-refractivity contribution in [3.63, 3.8) is 0 Å². The lowest BCUT2D eigenvalue weighted by atomic mass is 9.85. The summed E-state index contributed by atoms with van der Waals surface area (Å²) < 4.78 is 41.3. The van der Waals surface area contributed by atoms with Crippen LogP contribution in [0.25, 0.3) is 0 Å². The smallest absolute Gasteiger partial charge is 0.303 e. The molecule has 3 atom stereocenters. The Morgan fingerprint density at radius 1 is 1.08 bits per heavy atom. The first-order valence-corrected chi connectivity index (χ1v) is 19.2. The van der Waals surface area contributed by atoms with Gasteiger partial charge in [-0.2, -0.15) is 12.7 Å². The Bertz CT molecular complexity index is 1670. The van der Waals surface area contributed by atoms with E-state index in [1.165, 1.54) is 19.0 Å². The average Bonchev–Trinajstić information content (AvgIpc) is 3.82. The van der Waals surface area contributed by atoms with E-state index in [0.717, 1.165) is 79.8 Å². The summed E-state index contributed by atoms with van der Waals surface area (Å²) in [7, 11) is -0.0413. The normalized spacial score (nSPS) is 26.4. The van der Waals surface area contributed by atoms with Crippen LogP contribution < -0.4 is 14.4 Å². The molecule has 0 unspecified atom stereocenters. The highest BCUT2D eigenvalue weighted by Crippen LogP contribution is 2.53. The summed E-state index contributed by atoms with van der Waals surface area (Å²) in [5.41, 5.74) is 0.563. The van der Waals surface area contributed by atoms with Crippen molar-refractivity contribution < 1.29 is 32.6 Å². The topological polar surface area (TPSA) is 129 Å². The number of carbonyl (C=O) groups is 2. The molecular weight excluding hydrogens is 668 g/mol. The van der Waals surface area contributed by atoms with Gasteiger partial charge in [0.2, 0.25) is 5.91 Å². The quantitative estimate of drug-likeness (QED) is 0.479. The molecule has 13 heteroatoms. The molecule has 1 spiro atoms. The molecule has 4 aliphatic rings. The van der Waals surface area contributed by atoms with Crippen LogP contribution in [0.2, 0.25) is 5.02 Å². The van der Waals surface area contributed by atoms with E-state index in [4.69, 9.17) is 21.1 Å². The summed E-state index contributed by atoms with van der Waals surface area (Å²) in [4.78, 5) is 31.4. The van der Waals surface area contributed by atoms with E-state index < -0.39 is 34.0 Å². The van der Waals surface area contributed by atoms with Gasteiger partial charge in [0.1, 0.15) is 12.4 Å². The second kappa shape index (κ2) is 14.4. The molecule has 2 aromatic carbocycles. The van der Waals surface area contributed by atoms with E-state index in [9.17, 15) is 23.1 Å². The Kier molecular flexibility index (Phi) is 10.5. The van der Waals surface area contributed by atoms with Crippen LogP contribution in [0.15, 0.2) is 36.4 Å². The standard InChI is InChI=1S/C36H49ClN4O7S/c1-39(2)49(45,46)38-34(43)36(44)22-33(42)40(3)16-11-25-12-17-47-30(18-25)21-35(13-14-35)24-41-15-5-4-6-26-19-29(37)9-7-27(26)23-48-32-10-8-28(36)20-31(32)41/h7-10,19-20,25,30,44H,4-6,11-18,21-24H2,1-3H3,(H,38,43)/t25-,30+,36+/m1/s1. The number of amides is 2. The molecule has 49 heavy (non-hydrogen) atoms. The lowest BCUT2D eigenvalue weighted by molar-refractivity contribution is -0.148.